The molecule has 2 aromatic heterocycles. The van der Waals surface area contributed by atoms with Gasteiger partial charge in [-0.15, -0.1) is 0 Å². The first-order valence-electron chi connectivity index (χ1n) is 6.46. The number of aromatic nitrogens is 3. The lowest BCUT2D eigenvalue weighted by molar-refractivity contribution is 0.0697. The van der Waals surface area contributed by atoms with Crippen molar-refractivity contribution in [2.75, 3.05) is 5.32 Å². The monoisotopic (exact) mass is 282 g/mol. The van der Waals surface area contributed by atoms with Crippen molar-refractivity contribution in [1.82, 2.24) is 15.0 Å². The van der Waals surface area contributed by atoms with Crippen LogP contribution >= 0.6 is 0 Å². The molecule has 0 spiro atoms. The quantitative estimate of drug-likeness (QED) is 0.687. The number of fused-ring (bicyclic) bond motifs is 1. The smallest absolute Gasteiger partial charge is 0.335 e. The zero-order valence-corrected chi connectivity index (χ0v) is 11.6. The summed E-state index contributed by atoms with van der Waals surface area (Å²) in [5.41, 5.74) is 3.63. The summed E-state index contributed by atoms with van der Waals surface area (Å²) in [7, 11) is 0. The number of hydrogen-bond donors (Lipinski definition) is 3. The fraction of sp³-hybridized carbons (Fsp3) is 0.133. The number of nitrogens with zero attached hydrogens (tertiary/aromatic N) is 2. The number of aromatic carboxylic acids is 1. The Morgan fingerprint density at radius 3 is 2.81 bits per heavy atom. The van der Waals surface area contributed by atoms with Gasteiger partial charge >= 0.3 is 5.97 Å². The maximum Gasteiger partial charge on any atom is 0.335 e. The molecule has 0 aliphatic heterocycles. The molecule has 3 aromatic rings. The maximum atomic E-state index is 11.1. The van der Waals surface area contributed by atoms with Gasteiger partial charge in [0, 0.05) is 11.4 Å². The van der Waals surface area contributed by atoms with Crippen LogP contribution < -0.4 is 5.32 Å². The average Bonchev–Trinajstić information content (AvgIpc) is 2.82. The zero-order valence-electron chi connectivity index (χ0n) is 11.6. The van der Waals surface area contributed by atoms with Crippen molar-refractivity contribution in [2.24, 2.45) is 0 Å². The van der Waals surface area contributed by atoms with E-state index >= 15 is 0 Å². The molecule has 21 heavy (non-hydrogen) atoms. The molecular weight excluding hydrogens is 268 g/mol. The van der Waals surface area contributed by atoms with E-state index in [4.69, 9.17) is 5.11 Å². The minimum absolute atomic E-state index is 0.235. The van der Waals surface area contributed by atoms with Gasteiger partial charge in [0.1, 0.15) is 17.8 Å². The number of hydrogen-bond acceptors (Lipinski definition) is 4. The Hall–Kier alpha value is -2.89. The van der Waals surface area contributed by atoms with Crippen LogP contribution in [0.3, 0.4) is 0 Å². The molecule has 0 aliphatic rings. The molecular formula is C15H14N4O2. The van der Waals surface area contributed by atoms with Crippen LogP contribution in [0, 0.1) is 13.8 Å². The van der Waals surface area contributed by atoms with Crippen LogP contribution in [0.2, 0.25) is 0 Å². The van der Waals surface area contributed by atoms with E-state index in [0.29, 0.717) is 11.5 Å². The van der Waals surface area contributed by atoms with Crippen LogP contribution in [0.4, 0.5) is 11.5 Å². The second-order valence-corrected chi connectivity index (χ2v) is 4.90. The number of carbonyl (C=O) groups is 1. The number of nitrogens with one attached hydrogen (secondary N) is 2. The summed E-state index contributed by atoms with van der Waals surface area (Å²) in [4.78, 5) is 22.6. The van der Waals surface area contributed by atoms with Gasteiger partial charge in [-0.05, 0) is 37.6 Å². The second kappa shape index (κ2) is 4.90. The highest BCUT2D eigenvalue weighted by atomic mass is 16.4. The van der Waals surface area contributed by atoms with Crippen LogP contribution in [0.25, 0.3) is 11.0 Å². The molecule has 0 saturated carbocycles. The van der Waals surface area contributed by atoms with E-state index in [-0.39, 0.29) is 5.56 Å². The van der Waals surface area contributed by atoms with Crippen LogP contribution in [-0.2, 0) is 0 Å². The summed E-state index contributed by atoms with van der Waals surface area (Å²) >= 11 is 0. The Bertz CT molecular complexity index is 839. The van der Waals surface area contributed by atoms with Crippen LogP contribution in [0.5, 0.6) is 0 Å². The molecule has 0 radical (unpaired) electrons. The summed E-state index contributed by atoms with van der Waals surface area (Å²) in [5.74, 6) is -0.307. The largest absolute Gasteiger partial charge is 0.478 e. The van der Waals surface area contributed by atoms with Gasteiger partial charge in [0.25, 0.3) is 0 Å². The molecule has 3 N–H and O–H groups in total. The summed E-state index contributed by atoms with van der Waals surface area (Å²) in [6.45, 7) is 3.86. The van der Waals surface area contributed by atoms with Crippen molar-refractivity contribution in [3.63, 3.8) is 0 Å². The average molecular weight is 282 g/mol. The molecule has 6 heteroatoms. The van der Waals surface area contributed by atoms with Crippen molar-refractivity contribution in [3.05, 3.63) is 47.4 Å². The van der Waals surface area contributed by atoms with Gasteiger partial charge in [-0.25, -0.2) is 14.8 Å². The predicted octanol–water partition coefficient (Wildman–Crippen LogP) is 3.02. The highest BCUT2D eigenvalue weighted by molar-refractivity contribution is 5.92. The molecule has 106 valence electrons. The first-order chi connectivity index (χ1) is 10.0. The Balaban J connectivity index is 2.06. The fourth-order valence-corrected chi connectivity index (χ4v) is 2.19. The fourth-order valence-electron chi connectivity index (χ4n) is 2.19. The summed E-state index contributed by atoms with van der Waals surface area (Å²) in [5, 5.41) is 13.1. The lowest BCUT2D eigenvalue weighted by Gasteiger charge is -2.10. The van der Waals surface area contributed by atoms with E-state index in [0.717, 1.165) is 22.3 Å². The topological polar surface area (TPSA) is 90.9 Å². The first-order valence-corrected chi connectivity index (χ1v) is 6.46. The summed E-state index contributed by atoms with van der Waals surface area (Å²) in [6.07, 6.45) is 1.47. The number of carboxylic acid groups (broad SMARTS) is 1. The Labute approximate surface area is 120 Å². The van der Waals surface area contributed by atoms with Gasteiger partial charge in [-0.3, -0.25) is 0 Å². The van der Waals surface area contributed by atoms with E-state index in [1.807, 2.05) is 19.9 Å². The Morgan fingerprint density at radius 1 is 1.24 bits per heavy atom. The zero-order chi connectivity index (χ0) is 15.0. The predicted molar refractivity (Wildman–Crippen MR) is 80.0 cm³/mol. The summed E-state index contributed by atoms with van der Waals surface area (Å²) < 4.78 is 0. The number of carboxylic acids is 1. The van der Waals surface area contributed by atoms with Gasteiger partial charge in [-0.1, -0.05) is 6.07 Å². The first kappa shape index (κ1) is 13.1. The Morgan fingerprint density at radius 2 is 2.05 bits per heavy atom. The molecule has 0 amide bonds. The lowest BCUT2D eigenvalue weighted by Crippen LogP contribution is -2.01. The number of benzene rings is 1. The second-order valence-electron chi connectivity index (χ2n) is 4.90. The number of aryl methyl sites for hydroxylation is 2. The maximum absolute atomic E-state index is 11.1. The minimum Gasteiger partial charge on any atom is -0.478 e. The van der Waals surface area contributed by atoms with E-state index in [9.17, 15) is 4.79 Å². The number of anilines is 2. The number of H-pyrrole nitrogens is 1. The minimum atomic E-state index is -0.955. The van der Waals surface area contributed by atoms with Crippen molar-refractivity contribution in [2.45, 2.75) is 13.8 Å². The molecule has 0 aliphatic carbocycles. The van der Waals surface area contributed by atoms with Gasteiger partial charge in [0.05, 0.1) is 10.9 Å². The van der Waals surface area contributed by atoms with Gasteiger partial charge in [0.2, 0.25) is 0 Å². The van der Waals surface area contributed by atoms with E-state index < -0.39 is 5.97 Å². The van der Waals surface area contributed by atoms with Crippen molar-refractivity contribution < 1.29 is 9.90 Å². The van der Waals surface area contributed by atoms with Crippen molar-refractivity contribution in [3.8, 4) is 0 Å². The number of aromatic amines is 1. The number of rotatable bonds is 3. The van der Waals surface area contributed by atoms with Crippen LogP contribution in [-0.4, -0.2) is 26.0 Å². The summed E-state index contributed by atoms with van der Waals surface area (Å²) in [6, 6.07) is 6.91. The third kappa shape index (κ3) is 2.43. The van der Waals surface area contributed by atoms with Crippen molar-refractivity contribution >= 4 is 28.5 Å². The molecule has 1 aromatic carbocycles. The van der Waals surface area contributed by atoms with Gasteiger partial charge < -0.3 is 15.4 Å². The van der Waals surface area contributed by atoms with Crippen molar-refractivity contribution in [1.29, 1.82) is 0 Å². The van der Waals surface area contributed by atoms with Crippen LogP contribution in [0.15, 0.2) is 30.6 Å². The lowest BCUT2D eigenvalue weighted by atomic mass is 10.1. The normalized spacial score (nSPS) is 10.8. The SMILES string of the molecule is Cc1cc2c(Nc3cc(C(=O)O)ccc3C)ncnc2[nH]1. The highest BCUT2D eigenvalue weighted by Crippen LogP contribution is 2.26. The van der Waals surface area contributed by atoms with Gasteiger partial charge in [-0.2, -0.15) is 0 Å². The third-order valence-corrected chi connectivity index (χ3v) is 3.30. The van der Waals surface area contributed by atoms with E-state index in [2.05, 4.69) is 20.3 Å². The highest BCUT2D eigenvalue weighted by Gasteiger charge is 2.10. The molecule has 6 nitrogen and oxygen atoms in total. The molecule has 0 atom stereocenters. The van der Waals surface area contributed by atoms with Crippen LogP contribution in [0.1, 0.15) is 21.6 Å². The third-order valence-electron chi connectivity index (χ3n) is 3.30. The van der Waals surface area contributed by atoms with E-state index in [1.54, 1.807) is 18.2 Å². The standard InChI is InChI=1S/C15H14N4O2/c1-8-3-4-10(15(20)21)6-12(8)19-14-11-5-9(2)18-13(11)16-7-17-14/h3-7H,1-2H3,(H,20,21)(H2,16,17,18,19). The molecule has 0 unspecified atom stereocenters. The molecule has 2 heterocycles. The van der Waals surface area contributed by atoms with E-state index in [1.165, 1.54) is 6.33 Å². The van der Waals surface area contributed by atoms with Gasteiger partial charge in [0.15, 0.2) is 0 Å². The molecule has 0 fully saturated rings. The Kier molecular flexibility index (Phi) is 3.06. The molecule has 0 saturated heterocycles. The molecule has 3 rings (SSSR count). The molecule has 0 bridgehead atoms.